The molecule has 0 bridgehead atoms. The smallest absolute Gasteiger partial charge is 0.203 e. The van der Waals surface area contributed by atoms with Gasteiger partial charge in [-0.2, -0.15) is 14.0 Å². The van der Waals surface area contributed by atoms with Gasteiger partial charge in [0.1, 0.15) is 6.61 Å². The summed E-state index contributed by atoms with van der Waals surface area (Å²) in [6.07, 6.45) is 0. The van der Waals surface area contributed by atoms with Gasteiger partial charge >= 0.3 is 0 Å². The first-order valence-electron chi connectivity index (χ1n) is 3.96. The zero-order valence-corrected chi connectivity index (χ0v) is 8.36. The lowest BCUT2D eigenvalue weighted by atomic mass is 10.3. The molecule has 0 aliphatic heterocycles. The zero-order chi connectivity index (χ0) is 12.3. The minimum atomic E-state index is -1.67. The molecular formula is C9H4ClF4NO. The lowest BCUT2D eigenvalue weighted by molar-refractivity contribution is 0.279. The number of nitrogens with zero attached hydrogens (tertiary/aromatic N) is 1. The van der Waals surface area contributed by atoms with Crippen LogP contribution in [0.4, 0.5) is 17.6 Å². The summed E-state index contributed by atoms with van der Waals surface area (Å²) in [6, 6.07) is 1.57. The summed E-state index contributed by atoms with van der Waals surface area (Å²) in [5.74, 6) is -7.73. The van der Waals surface area contributed by atoms with Gasteiger partial charge in [-0.25, -0.2) is 8.78 Å². The minimum Gasteiger partial charge on any atom is -0.485 e. The van der Waals surface area contributed by atoms with Gasteiger partial charge < -0.3 is 4.74 Å². The van der Waals surface area contributed by atoms with Crippen molar-refractivity contribution in [2.75, 3.05) is 6.61 Å². The third-order valence-electron chi connectivity index (χ3n) is 1.59. The van der Waals surface area contributed by atoms with E-state index in [1.165, 1.54) is 6.07 Å². The van der Waals surface area contributed by atoms with E-state index >= 15 is 0 Å². The number of rotatable bonds is 3. The van der Waals surface area contributed by atoms with Crippen LogP contribution in [0.25, 0.3) is 0 Å². The third kappa shape index (κ3) is 2.55. The predicted molar refractivity (Wildman–Crippen MR) is 47.0 cm³/mol. The Bertz CT molecular complexity index is 420. The highest BCUT2D eigenvalue weighted by atomic mass is 35.5. The van der Waals surface area contributed by atoms with E-state index in [0.717, 1.165) is 0 Å². The van der Waals surface area contributed by atoms with E-state index in [1.54, 1.807) is 0 Å². The van der Waals surface area contributed by atoms with Crippen LogP contribution in [0.1, 0.15) is 0 Å². The molecule has 1 aromatic carbocycles. The van der Waals surface area contributed by atoms with Crippen molar-refractivity contribution < 1.29 is 22.3 Å². The zero-order valence-electron chi connectivity index (χ0n) is 7.61. The second-order valence-electron chi connectivity index (χ2n) is 2.70. The fraction of sp³-hybridized carbons (Fsp3) is 0.222. The molecule has 0 aliphatic carbocycles. The van der Waals surface area contributed by atoms with Crippen molar-refractivity contribution in [3.63, 3.8) is 0 Å². The molecule has 16 heavy (non-hydrogen) atoms. The highest BCUT2D eigenvalue weighted by Crippen LogP contribution is 2.26. The maximum atomic E-state index is 13.0. The molecule has 0 aromatic heterocycles. The lowest BCUT2D eigenvalue weighted by Crippen LogP contribution is -2.12. The van der Waals surface area contributed by atoms with Crippen LogP contribution in [0.15, 0.2) is 6.07 Å². The first-order valence-corrected chi connectivity index (χ1v) is 4.40. The van der Waals surface area contributed by atoms with Crippen molar-refractivity contribution in [2.45, 2.75) is 5.38 Å². The molecule has 0 N–H and O–H groups in total. The average Bonchev–Trinajstić information content (AvgIpc) is 2.26. The minimum absolute atomic E-state index is 0.0556. The molecule has 0 spiro atoms. The standard InChI is InChI=1S/C9H4ClF4NO/c10-4(2-15)3-16-9-7(13)5(11)1-6(12)8(9)14/h1,4H,3H2. The summed E-state index contributed by atoms with van der Waals surface area (Å²) in [4.78, 5) is 0. The highest BCUT2D eigenvalue weighted by molar-refractivity contribution is 6.22. The molecule has 1 rings (SSSR count). The SMILES string of the molecule is N#CC(Cl)COc1c(F)c(F)cc(F)c1F. The molecule has 0 radical (unpaired) electrons. The number of benzene rings is 1. The molecule has 0 heterocycles. The Labute approximate surface area is 93.0 Å². The van der Waals surface area contributed by atoms with Crippen molar-refractivity contribution in [3.05, 3.63) is 29.3 Å². The molecule has 0 amide bonds. The number of hydrogen-bond acceptors (Lipinski definition) is 2. The monoisotopic (exact) mass is 253 g/mol. The van der Waals surface area contributed by atoms with E-state index in [1.807, 2.05) is 0 Å². The molecule has 1 aromatic rings. The number of alkyl halides is 1. The first kappa shape index (κ1) is 12.6. The molecule has 7 heteroatoms. The summed E-state index contributed by atoms with van der Waals surface area (Å²) in [6.45, 7) is -0.589. The van der Waals surface area contributed by atoms with Crippen LogP contribution >= 0.6 is 11.6 Å². The Balaban J connectivity index is 3.00. The van der Waals surface area contributed by atoms with E-state index in [4.69, 9.17) is 16.9 Å². The summed E-state index contributed by atoms with van der Waals surface area (Å²) in [5.41, 5.74) is 0. The maximum Gasteiger partial charge on any atom is 0.203 e. The van der Waals surface area contributed by atoms with Crippen molar-refractivity contribution >= 4 is 11.6 Å². The van der Waals surface area contributed by atoms with Gasteiger partial charge in [0.2, 0.25) is 11.6 Å². The molecule has 0 saturated carbocycles. The van der Waals surface area contributed by atoms with Gasteiger partial charge in [0.15, 0.2) is 22.8 Å². The van der Waals surface area contributed by atoms with Gasteiger partial charge in [-0.3, -0.25) is 0 Å². The number of ether oxygens (including phenoxy) is 1. The largest absolute Gasteiger partial charge is 0.485 e. The lowest BCUT2D eigenvalue weighted by Gasteiger charge is -2.09. The third-order valence-corrected chi connectivity index (χ3v) is 1.81. The summed E-state index contributed by atoms with van der Waals surface area (Å²) >= 11 is 5.28. The topological polar surface area (TPSA) is 33.0 Å². The molecule has 0 aliphatic rings. The normalized spacial score (nSPS) is 12.0. The molecule has 0 saturated heterocycles. The highest BCUT2D eigenvalue weighted by Gasteiger charge is 2.21. The molecule has 2 nitrogen and oxygen atoms in total. The van der Waals surface area contributed by atoms with Gasteiger partial charge in [0.05, 0.1) is 6.07 Å². The number of nitriles is 1. The Kier molecular flexibility index (Phi) is 3.96. The van der Waals surface area contributed by atoms with Crippen molar-refractivity contribution in [3.8, 4) is 11.8 Å². The van der Waals surface area contributed by atoms with Crippen LogP contribution in [0.5, 0.6) is 5.75 Å². The van der Waals surface area contributed by atoms with E-state index in [0.29, 0.717) is 0 Å². The summed E-state index contributed by atoms with van der Waals surface area (Å²) in [5, 5.41) is 7.09. The quantitative estimate of drug-likeness (QED) is 0.471. The van der Waals surface area contributed by atoms with Gasteiger partial charge in [-0.1, -0.05) is 0 Å². The molecule has 86 valence electrons. The molecular weight excluding hydrogens is 250 g/mol. The Morgan fingerprint density at radius 1 is 1.25 bits per heavy atom. The fourth-order valence-electron chi connectivity index (χ4n) is 0.872. The Hall–Kier alpha value is -1.48. The van der Waals surface area contributed by atoms with Gasteiger partial charge in [0, 0.05) is 6.07 Å². The van der Waals surface area contributed by atoms with Gasteiger partial charge in [-0.15, -0.1) is 11.6 Å². The van der Waals surface area contributed by atoms with Gasteiger partial charge in [-0.05, 0) is 0 Å². The molecule has 1 atom stereocenters. The van der Waals surface area contributed by atoms with E-state index in [2.05, 4.69) is 4.74 Å². The second-order valence-corrected chi connectivity index (χ2v) is 3.23. The van der Waals surface area contributed by atoms with Crippen molar-refractivity contribution in [1.82, 2.24) is 0 Å². The van der Waals surface area contributed by atoms with E-state index in [-0.39, 0.29) is 6.07 Å². The maximum absolute atomic E-state index is 13.0. The van der Waals surface area contributed by atoms with Crippen LogP contribution in [-0.2, 0) is 0 Å². The number of hydrogen-bond donors (Lipinski definition) is 0. The van der Waals surface area contributed by atoms with Crippen LogP contribution < -0.4 is 4.74 Å². The van der Waals surface area contributed by atoms with E-state index in [9.17, 15) is 17.6 Å². The predicted octanol–water partition coefficient (Wildman–Crippen LogP) is 2.75. The molecule has 0 fully saturated rings. The molecule has 1 unspecified atom stereocenters. The van der Waals surface area contributed by atoms with Crippen LogP contribution in [0.2, 0.25) is 0 Å². The van der Waals surface area contributed by atoms with Gasteiger partial charge in [0.25, 0.3) is 0 Å². The summed E-state index contributed by atoms with van der Waals surface area (Å²) in [7, 11) is 0. The van der Waals surface area contributed by atoms with Crippen LogP contribution in [0.3, 0.4) is 0 Å². The van der Waals surface area contributed by atoms with Crippen molar-refractivity contribution in [2.24, 2.45) is 0 Å². The van der Waals surface area contributed by atoms with Crippen LogP contribution in [-0.4, -0.2) is 12.0 Å². The van der Waals surface area contributed by atoms with Crippen molar-refractivity contribution in [1.29, 1.82) is 5.26 Å². The average molecular weight is 254 g/mol. The number of halogens is 5. The van der Waals surface area contributed by atoms with Crippen LogP contribution in [0, 0.1) is 34.6 Å². The Morgan fingerprint density at radius 2 is 1.75 bits per heavy atom. The van der Waals surface area contributed by atoms with E-state index < -0.39 is 41.0 Å². The fourth-order valence-corrected chi connectivity index (χ4v) is 0.935. The second kappa shape index (κ2) is 5.03. The Morgan fingerprint density at radius 3 is 2.19 bits per heavy atom. The first-order chi connectivity index (χ1) is 7.47. The summed E-state index contributed by atoms with van der Waals surface area (Å²) < 4.78 is 55.7.